The van der Waals surface area contributed by atoms with Crippen molar-refractivity contribution in [2.24, 2.45) is 0 Å². The molecule has 0 saturated carbocycles. The molecule has 1 fully saturated rings. The van der Waals surface area contributed by atoms with E-state index in [1.807, 2.05) is 19.0 Å². The van der Waals surface area contributed by atoms with Crippen molar-refractivity contribution in [2.45, 2.75) is 0 Å². The van der Waals surface area contributed by atoms with Crippen LogP contribution >= 0.6 is 0 Å². The molecule has 1 aliphatic rings. The number of nitrogens with zero attached hydrogens (tertiary/aromatic N) is 3. The van der Waals surface area contributed by atoms with E-state index in [4.69, 9.17) is 0 Å². The molecular weight excluding hydrogens is 214 g/mol. The van der Waals surface area contributed by atoms with Gasteiger partial charge in [0.1, 0.15) is 0 Å². The number of anilines is 2. The molecule has 1 aromatic carbocycles. The molecule has 1 aromatic rings. The average Bonchev–Trinajstić information content (AvgIpc) is 2.39. The Bertz CT molecular complexity index is 384. The fourth-order valence-electron chi connectivity index (χ4n) is 2.05. The van der Waals surface area contributed by atoms with Crippen LogP contribution in [-0.4, -0.2) is 51.6 Å². The third kappa shape index (κ3) is 2.70. The summed E-state index contributed by atoms with van der Waals surface area (Å²) in [5.74, 6) is 0. The molecular formula is C13H19N3O. The maximum Gasteiger partial charge on any atom is 0.209 e. The first-order chi connectivity index (χ1) is 8.20. The lowest BCUT2D eigenvalue weighted by Gasteiger charge is -2.34. The maximum atomic E-state index is 10.6. The van der Waals surface area contributed by atoms with Crippen LogP contribution in [0.1, 0.15) is 0 Å². The van der Waals surface area contributed by atoms with E-state index in [9.17, 15) is 4.79 Å². The summed E-state index contributed by atoms with van der Waals surface area (Å²) in [5.41, 5.74) is 2.45. The lowest BCUT2D eigenvalue weighted by Crippen LogP contribution is -2.45. The predicted molar refractivity (Wildman–Crippen MR) is 70.6 cm³/mol. The first-order valence-electron chi connectivity index (χ1n) is 5.92. The summed E-state index contributed by atoms with van der Waals surface area (Å²) in [5, 5.41) is 0. The van der Waals surface area contributed by atoms with E-state index in [-0.39, 0.29) is 0 Å². The van der Waals surface area contributed by atoms with Crippen LogP contribution in [0.4, 0.5) is 11.4 Å². The van der Waals surface area contributed by atoms with Gasteiger partial charge in [-0.1, -0.05) is 6.07 Å². The van der Waals surface area contributed by atoms with Gasteiger partial charge < -0.3 is 14.7 Å². The lowest BCUT2D eigenvalue weighted by molar-refractivity contribution is -0.118. The van der Waals surface area contributed by atoms with Crippen molar-refractivity contribution in [1.82, 2.24) is 4.90 Å². The maximum absolute atomic E-state index is 10.6. The summed E-state index contributed by atoms with van der Waals surface area (Å²) in [6.45, 7) is 3.45. The van der Waals surface area contributed by atoms with Gasteiger partial charge in [0.05, 0.1) is 0 Å². The zero-order chi connectivity index (χ0) is 12.3. The van der Waals surface area contributed by atoms with Gasteiger partial charge in [-0.3, -0.25) is 4.79 Å². The number of hydrogen-bond acceptors (Lipinski definition) is 3. The molecule has 0 aromatic heterocycles. The molecule has 17 heavy (non-hydrogen) atoms. The van der Waals surface area contributed by atoms with Crippen molar-refractivity contribution in [2.75, 3.05) is 50.1 Å². The zero-order valence-corrected chi connectivity index (χ0v) is 10.5. The first kappa shape index (κ1) is 11.8. The topological polar surface area (TPSA) is 26.8 Å². The summed E-state index contributed by atoms with van der Waals surface area (Å²) in [4.78, 5) is 16.9. The largest absolute Gasteiger partial charge is 0.378 e. The predicted octanol–water partition coefficient (Wildman–Crippen LogP) is 1.03. The second-order valence-electron chi connectivity index (χ2n) is 4.54. The first-order valence-corrected chi connectivity index (χ1v) is 5.92. The van der Waals surface area contributed by atoms with Crippen LogP contribution in [0.3, 0.4) is 0 Å². The van der Waals surface area contributed by atoms with Gasteiger partial charge in [-0.15, -0.1) is 0 Å². The van der Waals surface area contributed by atoms with Gasteiger partial charge in [-0.25, -0.2) is 0 Å². The Balaban J connectivity index is 2.07. The normalized spacial score (nSPS) is 15.9. The monoisotopic (exact) mass is 233 g/mol. The smallest absolute Gasteiger partial charge is 0.209 e. The SMILES string of the molecule is CN(C)c1cccc(N2CCN(C=O)CC2)c1. The summed E-state index contributed by atoms with van der Waals surface area (Å²) in [6.07, 6.45) is 0.938. The molecule has 0 unspecified atom stereocenters. The second-order valence-corrected chi connectivity index (χ2v) is 4.54. The Morgan fingerprint density at radius 3 is 2.47 bits per heavy atom. The van der Waals surface area contributed by atoms with Crippen molar-refractivity contribution < 1.29 is 4.79 Å². The van der Waals surface area contributed by atoms with Crippen molar-refractivity contribution in [3.8, 4) is 0 Å². The Hall–Kier alpha value is -1.71. The molecule has 0 radical (unpaired) electrons. The minimum absolute atomic E-state index is 0.815. The lowest BCUT2D eigenvalue weighted by atomic mass is 10.2. The molecule has 1 heterocycles. The van der Waals surface area contributed by atoms with E-state index < -0.39 is 0 Å². The molecule has 1 amide bonds. The van der Waals surface area contributed by atoms with Gasteiger partial charge in [0.15, 0.2) is 0 Å². The number of piperazine rings is 1. The molecule has 4 heteroatoms. The molecule has 0 atom stereocenters. The van der Waals surface area contributed by atoms with E-state index in [0.29, 0.717) is 0 Å². The van der Waals surface area contributed by atoms with E-state index >= 15 is 0 Å². The Kier molecular flexibility index (Phi) is 3.52. The number of benzene rings is 1. The minimum Gasteiger partial charge on any atom is -0.378 e. The van der Waals surface area contributed by atoms with Crippen LogP contribution in [0.2, 0.25) is 0 Å². The Morgan fingerprint density at radius 1 is 1.18 bits per heavy atom. The molecule has 92 valence electrons. The molecule has 0 spiro atoms. The van der Waals surface area contributed by atoms with Crippen LogP contribution in [0.5, 0.6) is 0 Å². The summed E-state index contributed by atoms with van der Waals surface area (Å²) in [7, 11) is 4.09. The van der Waals surface area contributed by atoms with E-state index in [2.05, 4.69) is 34.1 Å². The number of carbonyl (C=O) groups is 1. The fraction of sp³-hybridized carbons (Fsp3) is 0.462. The molecule has 0 aliphatic carbocycles. The van der Waals surface area contributed by atoms with Crippen molar-refractivity contribution in [3.63, 3.8) is 0 Å². The molecule has 4 nitrogen and oxygen atoms in total. The number of hydrogen-bond donors (Lipinski definition) is 0. The Morgan fingerprint density at radius 2 is 1.88 bits per heavy atom. The van der Waals surface area contributed by atoms with Gasteiger partial charge in [-0.2, -0.15) is 0 Å². The van der Waals surface area contributed by atoms with Crippen LogP contribution in [0.25, 0.3) is 0 Å². The van der Waals surface area contributed by atoms with Gasteiger partial charge in [0, 0.05) is 51.6 Å². The number of carbonyl (C=O) groups excluding carboxylic acids is 1. The third-order valence-corrected chi connectivity index (χ3v) is 3.17. The van der Waals surface area contributed by atoms with Crippen molar-refractivity contribution in [3.05, 3.63) is 24.3 Å². The standard InChI is InChI=1S/C13H19N3O/c1-14(2)12-4-3-5-13(10-12)16-8-6-15(11-17)7-9-16/h3-5,10-11H,6-9H2,1-2H3. The summed E-state index contributed by atoms with van der Waals surface area (Å²) in [6, 6.07) is 8.50. The molecule has 2 rings (SSSR count). The average molecular weight is 233 g/mol. The molecule has 0 bridgehead atoms. The number of rotatable bonds is 3. The third-order valence-electron chi connectivity index (χ3n) is 3.17. The van der Waals surface area contributed by atoms with Gasteiger partial charge in [0.25, 0.3) is 0 Å². The van der Waals surface area contributed by atoms with Gasteiger partial charge in [-0.05, 0) is 18.2 Å². The second kappa shape index (κ2) is 5.08. The quantitative estimate of drug-likeness (QED) is 0.730. The zero-order valence-electron chi connectivity index (χ0n) is 10.5. The Labute approximate surface area is 102 Å². The van der Waals surface area contributed by atoms with Crippen LogP contribution in [0.15, 0.2) is 24.3 Å². The van der Waals surface area contributed by atoms with Crippen LogP contribution in [-0.2, 0) is 4.79 Å². The van der Waals surface area contributed by atoms with E-state index in [1.54, 1.807) is 0 Å². The highest BCUT2D eigenvalue weighted by molar-refractivity contribution is 5.59. The highest BCUT2D eigenvalue weighted by atomic mass is 16.1. The van der Waals surface area contributed by atoms with E-state index in [0.717, 1.165) is 32.6 Å². The molecule has 1 aliphatic heterocycles. The fourth-order valence-corrected chi connectivity index (χ4v) is 2.05. The highest BCUT2D eigenvalue weighted by Crippen LogP contribution is 2.21. The van der Waals surface area contributed by atoms with Crippen molar-refractivity contribution in [1.29, 1.82) is 0 Å². The number of amides is 1. The van der Waals surface area contributed by atoms with Crippen molar-refractivity contribution >= 4 is 17.8 Å². The summed E-state index contributed by atoms with van der Waals surface area (Å²) >= 11 is 0. The van der Waals surface area contributed by atoms with Crippen LogP contribution in [0, 0.1) is 0 Å². The molecule has 0 N–H and O–H groups in total. The summed E-state index contributed by atoms with van der Waals surface area (Å²) < 4.78 is 0. The highest BCUT2D eigenvalue weighted by Gasteiger charge is 2.15. The molecule has 1 saturated heterocycles. The van der Waals surface area contributed by atoms with Gasteiger partial charge >= 0.3 is 0 Å². The minimum atomic E-state index is 0.815. The van der Waals surface area contributed by atoms with Gasteiger partial charge in [0.2, 0.25) is 6.41 Å². The van der Waals surface area contributed by atoms with Crippen LogP contribution < -0.4 is 9.80 Å². The van der Waals surface area contributed by atoms with E-state index in [1.165, 1.54) is 11.4 Å².